The first-order valence-corrected chi connectivity index (χ1v) is 26.2. The number of halogens is 2. The Bertz CT molecular complexity index is 2970. The number of aromatic nitrogens is 6. The number of fused-ring (bicyclic) bond motifs is 1. The molecule has 2 aliphatic rings. The number of carbonyl (C=O) groups excluding carboxylic acids is 4. The number of nitrogens with one attached hydrogen (secondary N) is 3. The molecule has 2 aromatic carbocycles. The Labute approximate surface area is 434 Å². The molecule has 3 atom stereocenters. The van der Waals surface area contributed by atoms with Crippen molar-refractivity contribution in [3.63, 3.8) is 0 Å². The molecule has 6 aromatic rings. The number of β-amino-alcohol motifs (C(OH)–C–C–N with tert-alkyl or cyclic N) is 1. The minimum absolute atomic E-state index is 0.00719. The van der Waals surface area contributed by atoms with E-state index < -0.39 is 41.1 Å². The van der Waals surface area contributed by atoms with Crippen molar-refractivity contribution in [2.45, 2.75) is 124 Å². The van der Waals surface area contributed by atoms with Gasteiger partial charge >= 0.3 is 0 Å². The number of rotatable bonds is 18. The molecule has 0 radical (unpaired) electrons. The first-order valence-electron chi connectivity index (χ1n) is 25.3. The Morgan fingerprint density at radius 2 is 1.58 bits per heavy atom. The minimum Gasteiger partial charge on any atom is -0.391 e. The van der Waals surface area contributed by atoms with Gasteiger partial charge < -0.3 is 35.4 Å². The molecule has 4 N–H and O–H groups in total. The number of likely N-dealkylation sites (tertiary alicyclic amines) is 1. The van der Waals surface area contributed by atoms with Gasteiger partial charge in [-0.15, -0.1) is 11.3 Å². The van der Waals surface area contributed by atoms with E-state index >= 15 is 8.78 Å². The first kappa shape index (κ1) is 53.5. The van der Waals surface area contributed by atoms with Crippen LogP contribution in [0.5, 0.6) is 0 Å². The number of pyridine rings is 1. The molecule has 6 heterocycles. The number of unbranched alkanes of at least 4 members (excludes halogenated alkanes) is 2. The van der Waals surface area contributed by atoms with E-state index in [4.69, 9.17) is 0 Å². The van der Waals surface area contributed by atoms with Crippen LogP contribution in [0, 0.1) is 30.9 Å². The van der Waals surface area contributed by atoms with Gasteiger partial charge in [-0.1, -0.05) is 57.5 Å². The summed E-state index contributed by atoms with van der Waals surface area (Å²) in [6, 6.07) is 12.7. The van der Waals surface area contributed by atoms with Gasteiger partial charge in [-0.3, -0.25) is 24.1 Å². The number of thiazole rings is 1. The lowest BCUT2D eigenvalue weighted by atomic mass is 9.85. The summed E-state index contributed by atoms with van der Waals surface area (Å²) in [5, 5.41) is 19.5. The molecule has 20 heteroatoms. The summed E-state index contributed by atoms with van der Waals surface area (Å²) in [6.45, 7) is 16.8. The zero-order valence-electron chi connectivity index (χ0n) is 43.1. The van der Waals surface area contributed by atoms with Crippen LogP contribution in [0.25, 0.3) is 32.7 Å². The summed E-state index contributed by atoms with van der Waals surface area (Å²) in [4.78, 5) is 82.3. The Kier molecular flexibility index (Phi) is 16.8. The summed E-state index contributed by atoms with van der Waals surface area (Å²) in [6.07, 6.45) is 4.40. The van der Waals surface area contributed by atoms with E-state index in [2.05, 4.69) is 45.8 Å². The summed E-state index contributed by atoms with van der Waals surface area (Å²) < 4.78 is 32.2. The largest absolute Gasteiger partial charge is 0.391 e. The standard InChI is InChI=1S/C54H66F2N12O5S/c1-32(2)68-34(4)61-48-40(55)23-38(24-42(48)68)47-41(56)28-59-53(64-47)62-44-18-15-36(27-57-44)29-65-19-21-66(22-20-65)46(71)12-10-8-9-11-45(70)63-50(54(5,6)7)52(73)67-30-39(69)25-43(67)51(72)58-26-35-13-16-37(17-14-35)49-33(3)60-31-74-49/h13-18,23-24,27-28,31-32,39,43,50,69H,8-12,19-22,25-26,29-30H2,1-7H3,(H,58,72)(H,63,70)(H,57,59,62,64)/t39-,43+,50?/m1/s1. The molecule has 8 rings (SSSR count). The number of aryl methyl sites for hydroxylation is 2. The lowest BCUT2D eigenvalue weighted by Crippen LogP contribution is -2.57. The third-order valence-electron chi connectivity index (χ3n) is 13.7. The van der Waals surface area contributed by atoms with Crippen molar-refractivity contribution in [1.29, 1.82) is 0 Å². The number of aliphatic hydroxyl groups is 1. The second kappa shape index (κ2) is 23.2. The van der Waals surface area contributed by atoms with Crippen molar-refractivity contribution < 1.29 is 33.1 Å². The molecule has 0 saturated carbocycles. The molecule has 4 amide bonds. The number of aliphatic hydroxyl groups excluding tert-OH is 1. The fourth-order valence-corrected chi connectivity index (χ4v) is 10.5. The number of imidazole rings is 1. The van der Waals surface area contributed by atoms with Gasteiger partial charge in [0.15, 0.2) is 11.6 Å². The van der Waals surface area contributed by atoms with E-state index in [1.165, 1.54) is 11.0 Å². The lowest BCUT2D eigenvalue weighted by Gasteiger charge is -2.35. The average molecular weight is 1030 g/mol. The van der Waals surface area contributed by atoms with Crippen molar-refractivity contribution >= 4 is 57.8 Å². The Hall–Kier alpha value is -6.77. The zero-order valence-corrected chi connectivity index (χ0v) is 43.9. The Morgan fingerprint density at radius 3 is 2.26 bits per heavy atom. The molecule has 2 saturated heterocycles. The number of hydrogen-bond donors (Lipinski definition) is 4. The molecule has 2 aliphatic heterocycles. The zero-order chi connectivity index (χ0) is 52.8. The van der Waals surface area contributed by atoms with Crippen LogP contribution >= 0.6 is 11.3 Å². The number of hydrogen-bond acceptors (Lipinski definition) is 13. The van der Waals surface area contributed by atoms with Crippen molar-refractivity contribution in [2.24, 2.45) is 5.41 Å². The number of piperazine rings is 1. The number of benzene rings is 2. The van der Waals surface area contributed by atoms with Gasteiger partial charge in [0.2, 0.25) is 29.6 Å². The van der Waals surface area contributed by atoms with E-state index in [1.54, 1.807) is 29.7 Å². The quantitative estimate of drug-likeness (QED) is 0.0614. The Morgan fingerprint density at radius 1 is 0.851 bits per heavy atom. The highest BCUT2D eigenvalue weighted by Gasteiger charge is 2.44. The maximum absolute atomic E-state index is 15.2. The van der Waals surface area contributed by atoms with Gasteiger partial charge in [-0.2, -0.15) is 0 Å². The fourth-order valence-electron chi connectivity index (χ4n) is 9.72. The SMILES string of the molecule is Cc1ncsc1-c1ccc(CNC(=O)[C@@H]2C[C@@H](O)CN2C(=O)C(NC(=O)CCCCCC(=O)N2CCN(Cc3ccc(Nc4ncc(F)c(-c5cc(F)c6nc(C)n(C(C)C)c6c5)n4)nc3)CC2)C(C)(C)C)cc1. The normalized spacial score (nSPS) is 16.7. The second-order valence-electron chi connectivity index (χ2n) is 20.7. The van der Waals surface area contributed by atoms with Crippen LogP contribution < -0.4 is 16.0 Å². The molecular formula is C54H66F2N12O5S. The van der Waals surface area contributed by atoms with Crippen LogP contribution in [0.1, 0.15) is 102 Å². The summed E-state index contributed by atoms with van der Waals surface area (Å²) >= 11 is 1.57. The maximum atomic E-state index is 15.2. The lowest BCUT2D eigenvalue weighted by molar-refractivity contribution is -0.144. The highest BCUT2D eigenvalue weighted by molar-refractivity contribution is 7.13. The average Bonchev–Trinajstić information content (AvgIpc) is 4.09. The third kappa shape index (κ3) is 12.8. The van der Waals surface area contributed by atoms with Crippen LogP contribution in [-0.4, -0.2) is 124 Å². The molecule has 0 spiro atoms. The number of carbonyl (C=O) groups is 4. The number of amides is 4. The molecule has 4 aromatic heterocycles. The predicted molar refractivity (Wildman–Crippen MR) is 280 cm³/mol. The van der Waals surface area contributed by atoms with Crippen LogP contribution in [0.3, 0.4) is 0 Å². The second-order valence-corrected chi connectivity index (χ2v) is 21.5. The van der Waals surface area contributed by atoms with E-state index in [0.29, 0.717) is 75.6 Å². The highest BCUT2D eigenvalue weighted by Crippen LogP contribution is 2.32. The van der Waals surface area contributed by atoms with Crippen LogP contribution in [0.4, 0.5) is 20.5 Å². The van der Waals surface area contributed by atoms with E-state index in [9.17, 15) is 24.3 Å². The van der Waals surface area contributed by atoms with Gasteiger partial charge in [-0.05, 0) is 80.8 Å². The van der Waals surface area contributed by atoms with Crippen molar-refractivity contribution in [1.82, 2.24) is 54.8 Å². The number of nitrogens with zero attached hydrogens (tertiary/aromatic N) is 9. The molecule has 1 unspecified atom stereocenters. The molecule has 17 nitrogen and oxygen atoms in total. The van der Waals surface area contributed by atoms with Crippen molar-refractivity contribution in [3.8, 4) is 21.7 Å². The van der Waals surface area contributed by atoms with Crippen molar-refractivity contribution in [3.05, 3.63) is 101 Å². The molecular weight excluding hydrogens is 967 g/mol. The van der Waals surface area contributed by atoms with Crippen molar-refractivity contribution in [2.75, 3.05) is 38.0 Å². The topological polar surface area (TPSA) is 204 Å². The molecule has 0 bridgehead atoms. The summed E-state index contributed by atoms with van der Waals surface area (Å²) in [5.41, 5.74) is 6.00. The third-order valence-corrected chi connectivity index (χ3v) is 14.6. The monoisotopic (exact) mass is 1030 g/mol. The van der Waals surface area contributed by atoms with Gasteiger partial charge in [0.25, 0.3) is 0 Å². The maximum Gasteiger partial charge on any atom is 0.246 e. The highest BCUT2D eigenvalue weighted by atomic mass is 32.1. The van der Waals surface area contributed by atoms with E-state index in [0.717, 1.165) is 33.5 Å². The summed E-state index contributed by atoms with van der Waals surface area (Å²) in [5.74, 6) is -1.02. The molecule has 2 fully saturated rings. The minimum atomic E-state index is -0.919. The van der Waals surface area contributed by atoms with Crippen LogP contribution in [-0.2, 0) is 32.3 Å². The first-order chi connectivity index (χ1) is 35.3. The smallest absolute Gasteiger partial charge is 0.246 e. The van der Waals surface area contributed by atoms with Gasteiger partial charge in [0, 0.05) is 82.9 Å². The van der Waals surface area contributed by atoms with Gasteiger partial charge in [0.1, 0.15) is 34.9 Å². The number of anilines is 2. The fraction of sp³-hybridized carbons (Fsp3) is 0.463. The van der Waals surface area contributed by atoms with Gasteiger partial charge in [0.05, 0.1) is 33.9 Å². The predicted octanol–water partition coefficient (Wildman–Crippen LogP) is 7.64. The van der Waals surface area contributed by atoms with Gasteiger partial charge in [-0.25, -0.2) is 33.7 Å². The van der Waals surface area contributed by atoms with E-state index in [1.807, 2.05) is 93.8 Å². The molecule has 392 valence electrons. The summed E-state index contributed by atoms with van der Waals surface area (Å²) in [7, 11) is 0. The van der Waals surface area contributed by atoms with Crippen LogP contribution in [0.2, 0.25) is 0 Å². The molecule has 0 aliphatic carbocycles. The van der Waals surface area contributed by atoms with Crippen LogP contribution in [0.15, 0.2) is 66.4 Å². The Balaban J connectivity index is 0.741. The molecule has 74 heavy (non-hydrogen) atoms. The van der Waals surface area contributed by atoms with E-state index in [-0.39, 0.29) is 72.4 Å².